The van der Waals surface area contributed by atoms with E-state index < -0.39 is 0 Å². The average molecular weight is 417 g/mol. The van der Waals surface area contributed by atoms with Crippen LogP contribution in [0.5, 0.6) is 5.75 Å². The van der Waals surface area contributed by atoms with Crippen LogP contribution in [-0.2, 0) is 9.59 Å². The van der Waals surface area contributed by atoms with Crippen LogP contribution >= 0.6 is 11.8 Å². The molecule has 0 saturated heterocycles. The molecule has 1 aromatic heterocycles. The molecule has 0 fully saturated rings. The third kappa shape index (κ3) is 6.45. The molecule has 0 radical (unpaired) electrons. The number of thioether (sulfide) groups is 1. The van der Waals surface area contributed by atoms with Gasteiger partial charge in [-0.2, -0.15) is 0 Å². The predicted octanol–water partition coefficient (Wildman–Crippen LogP) is 3.38. The number of aromatic nitrogens is 2. The number of nitrogens with one attached hydrogen (secondary N) is 1. The van der Waals surface area contributed by atoms with Crippen molar-refractivity contribution >= 4 is 29.3 Å². The van der Waals surface area contributed by atoms with Gasteiger partial charge in [-0.25, -0.2) is 9.97 Å². The smallest absolute Gasteiger partial charge is 0.244 e. The molecule has 0 saturated carbocycles. The summed E-state index contributed by atoms with van der Waals surface area (Å²) >= 11 is 1.29. The number of hydrogen-bond donors (Lipinski definition) is 1. The van der Waals surface area contributed by atoms with Gasteiger partial charge in [-0.15, -0.1) is 0 Å². The summed E-state index contributed by atoms with van der Waals surface area (Å²) in [6.45, 7) is 8.31. The standard InChI is InChI=1S/C21H28N4O3S/c1-6-11-25(12-19(26)24-17-9-7-8-10-18(17)28-5)20(27)13-29-21-22-15(3)14(2)16(4)23-21/h7-10H,6,11-13H2,1-5H3,(H,24,26). The minimum absolute atomic E-state index is 0.0158. The second kappa shape index (κ2) is 10.8. The summed E-state index contributed by atoms with van der Waals surface area (Å²) in [7, 11) is 1.55. The Labute approximate surface area is 176 Å². The Hall–Kier alpha value is -2.61. The minimum atomic E-state index is -0.264. The number of amides is 2. The van der Waals surface area contributed by atoms with Crippen molar-refractivity contribution < 1.29 is 14.3 Å². The number of rotatable bonds is 9. The van der Waals surface area contributed by atoms with Crippen molar-refractivity contribution in [2.24, 2.45) is 0 Å². The number of para-hydroxylation sites is 2. The summed E-state index contributed by atoms with van der Waals surface area (Å²) in [5, 5.41) is 3.39. The first kappa shape index (κ1) is 22.7. The van der Waals surface area contributed by atoms with E-state index in [0.717, 1.165) is 23.4 Å². The zero-order chi connectivity index (χ0) is 21.4. The number of nitrogens with zero attached hydrogens (tertiary/aromatic N) is 3. The van der Waals surface area contributed by atoms with Crippen molar-refractivity contribution in [3.8, 4) is 5.75 Å². The fraction of sp³-hybridized carbons (Fsp3) is 0.429. The van der Waals surface area contributed by atoms with Crippen molar-refractivity contribution in [3.05, 3.63) is 41.2 Å². The van der Waals surface area contributed by atoms with Crippen LogP contribution in [-0.4, -0.2) is 52.6 Å². The van der Waals surface area contributed by atoms with E-state index >= 15 is 0 Å². The molecule has 0 spiro atoms. The van der Waals surface area contributed by atoms with Crippen LogP contribution in [0.25, 0.3) is 0 Å². The van der Waals surface area contributed by atoms with Gasteiger partial charge < -0.3 is 15.0 Å². The van der Waals surface area contributed by atoms with Crippen LogP contribution in [0.15, 0.2) is 29.4 Å². The molecule has 0 aliphatic carbocycles. The lowest BCUT2D eigenvalue weighted by atomic mass is 10.2. The van der Waals surface area contributed by atoms with E-state index in [2.05, 4.69) is 15.3 Å². The van der Waals surface area contributed by atoms with E-state index in [1.54, 1.807) is 24.1 Å². The van der Waals surface area contributed by atoms with Gasteiger partial charge in [0.05, 0.1) is 25.1 Å². The number of aryl methyl sites for hydroxylation is 2. The predicted molar refractivity (Wildman–Crippen MR) is 115 cm³/mol. The fourth-order valence-corrected chi connectivity index (χ4v) is 3.53. The van der Waals surface area contributed by atoms with Gasteiger partial charge in [-0.3, -0.25) is 9.59 Å². The van der Waals surface area contributed by atoms with Gasteiger partial charge >= 0.3 is 0 Å². The molecule has 156 valence electrons. The Morgan fingerprint density at radius 3 is 2.41 bits per heavy atom. The molecule has 2 amide bonds. The van der Waals surface area contributed by atoms with Crippen molar-refractivity contribution in [1.82, 2.24) is 14.9 Å². The van der Waals surface area contributed by atoms with Crippen molar-refractivity contribution in [2.75, 3.05) is 31.3 Å². The number of benzene rings is 1. The first-order chi connectivity index (χ1) is 13.8. The lowest BCUT2D eigenvalue weighted by Crippen LogP contribution is -2.39. The second-order valence-corrected chi connectivity index (χ2v) is 7.60. The minimum Gasteiger partial charge on any atom is -0.495 e. The van der Waals surface area contributed by atoms with Gasteiger partial charge in [0.2, 0.25) is 11.8 Å². The first-order valence-corrected chi connectivity index (χ1v) is 10.5. The second-order valence-electron chi connectivity index (χ2n) is 6.65. The van der Waals surface area contributed by atoms with Gasteiger partial charge in [-0.1, -0.05) is 30.8 Å². The van der Waals surface area contributed by atoms with Crippen molar-refractivity contribution in [1.29, 1.82) is 0 Å². The molecule has 29 heavy (non-hydrogen) atoms. The molecule has 0 unspecified atom stereocenters. The van der Waals surface area contributed by atoms with E-state index in [0.29, 0.717) is 23.1 Å². The highest BCUT2D eigenvalue weighted by Gasteiger charge is 2.18. The molecule has 1 N–H and O–H groups in total. The normalized spacial score (nSPS) is 10.5. The molecule has 2 rings (SSSR count). The fourth-order valence-electron chi connectivity index (χ4n) is 2.70. The molecule has 2 aromatic rings. The van der Waals surface area contributed by atoms with Gasteiger partial charge in [0.1, 0.15) is 5.75 Å². The Morgan fingerprint density at radius 1 is 1.14 bits per heavy atom. The number of methoxy groups -OCH3 is 1. The third-order valence-electron chi connectivity index (χ3n) is 4.50. The quantitative estimate of drug-likeness (QED) is 0.498. The summed E-state index contributed by atoms with van der Waals surface area (Å²) in [6.07, 6.45) is 0.762. The number of anilines is 1. The monoisotopic (exact) mass is 416 g/mol. The Bertz CT molecular complexity index is 850. The summed E-state index contributed by atoms with van der Waals surface area (Å²) in [6, 6.07) is 7.18. The van der Waals surface area contributed by atoms with Crippen LogP contribution in [0.1, 0.15) is 30.3 Å². The summed E-state index contributed by atoms with van der Waals surface area (Å²) in [5.41, 5.74) is 3.46. The molecular formula is C21H28N4O3S. The number of carbonyl (C=O) groups is 2. The first-order valence-electron chi connectivity index (χ1n) is 9.51. The van der Waals surface area contributed by atoms with E-state index in [-0.39, 0.29) is 24.1 Å². The summed E-state index contributed by atoms with van der Waals surface area (Å²) in [5.74, 6) is 0.377. The Morgan fingerprint density at radius 2 is 1.79 bits per heavy atom. The summed E-state index contributed by atoms with van der Waals surface area (Å²) in [4.78, 5) is 35.6. The number of hydrogen-bond acceptors (Lipinski definition) is 6. The molecule has 0 aliphatic rings. The van der Waals surface area contributed by atoms with Gasteiger partial charge in [0, 0.05) is 17.9 Å². The van der Waals surface area contributed by atoms with Gasteiger partial charge in [0.15, 0.2) is 5.16 Å². The molecule has 1 aromatic carbocycles. The molecule has 0 atom stereocenters. The topological polar surface area (TPSA) is 84.4 Å². The van der Waals surface area contributed by atoms with E-state index in [9.17, 15) is 9.59 Å². The number of carbonyl (C=O) groups excluding carboxylic acids is 2. The van der Waals surface area contributed by atoms with Crippen molar-refractivity contribution in [2.45, 2.75) is 39.3 Å². The van der Waals surface area contributed by atoms with E-state index in [4.69, 9.17) is 4.74 Å². The Kier molecular flexibility index (Phi) is 8.45. The van der Waals surface area contributed by atoms with Gasteiger partial charge in [0.25, 0.3) is 0 Å². The van der Waals surface area contributed by atoms with Crippen LogP contribution in [0, 0.1) is 20.8 Å². The molecule has 7 nitrogen and oxygen atoms in total. The van der Waals surface area contributed by atoms with E-state index in [1.807, 2.05) is 39.8 Å². The zero-order valence-corrected chi connectivity index (χ0v) is 18.4. The highest BCUT2D eigenvalue weighted by atomic mass is 32.2. The van der Waals surface area contributed by atoms with Crippen LogP contribution < -0.4 is 10.1 Å². The summed E-state index contributed by atoms with van der Waals surface area (Å²) < 4.78 is 5.25. The molecule has 0 bridgehead atoms. The molecule has 0 aliphatic heterocycles. The maximum absolute atomic E-state index is 12.7. The van der Waals surface area contributed by atoms with Gasteiger partial charge in [-0.05, 0) is 44.9 Å². The Balaban J connectivity index is 1.99. The largest absolute Gasteiger partial charge is 0.495 e. The lowest BCUT2D eigenvalue weighted by molar-refractivity contribution is -0.132. The van der Waals surface area contributed by atoms with Crippen LogP contribution in [0.2, 0.25) is 0 Å². The highest BCUT2D eigenvalue weighted by Crippen LogP contribution is 2.23. The SMILES string of the molecule is CCCN(CC(=O)Nc1ccccc1OC)C(=O)CSc1nc(C)c(C)c(C)n1. The highest BCUT2D eigenvalue weighted by molar-refractivity contribution is 7.99. The molecule has 1 heterocycles. The molecular weight excluding hydrogens is 388 g/mol. The number of ether oxygens (including phenoxy) is 1. The maximum Gasteiger partial charge on any atom is 0.244 e. The van der Waals surface area contributed by atoms with Crippen LogP contribution in [0.4, 0.5) is 5.69 Å². The lowest BCUT2D eigenvalue weighted by Gasteiger charge is -2.21. The average Bonchev–Trinajstić information content (AvgIpc) is 2.70. The maximum atomic E-state index is 12.7. The van der Waals surface area contributed by atoms with Crippen LogP contribution in [0.3, 0.4) is 0 Å². The molecule has 8 heteroatoms. The van der Waals surface area contributed by atoms with E-state index in [1.165, 1.54) is 11.8 Å². The van der Waals surface area contributed by atoms with Crippen molar-refractivity contribution in [3.63, 3.8) is 0 Å². The zero-order valence-electron chi connectivity index (χ0n) is 17.6. The third-order valence-corrected chi connectivity index (χ3v) is 5.33.